The SMILES string of the molecule is CCCC(=O)OC(O)=C1C=CC=C1. The summed E-state index contributed by atoms with van der Waals surface area (Å²) in [5, 5.41) is 9.28. The number of allylic oxidation sites excluding steroid dienone is 5. The number of ether oxygens (including phenoxy) is 1. The molecule has 0 spiro atoms. The topological polar surface area (TPSA) is 46.5 Å². The number of esters is 1. The molecule has 0 aromatic carbocycles. The number of hydrogen-bond donors (Lipinski definition) is 1. The second-order valence-electron chi connectivity index (χ2n) is 2.70. The van der Waals surface area contributed by atoms with Gasteiger partial charge in [-0.25, -0.2) is 0 Å². The molecule has 0 unspecified atom stereocenters. The Morgan fingerprint density at radius 1 is 1.46 bits per heavy atom. The van der Waals surface area contributed by atoms with Gasteiger partial charge in [0.1, 0.15) is 0 Å². The molecule has 0 saturated carbocycles. The summed E-state index contributed by atoms with van der Waals surface area (Å²) < 4.78 is 4.67. The normalized spacial score (nSPS) is 13.5. The second-order valence-corrected chi connectivity index (χ2v) is 2.70. The Morgan fingerprint density at radius 2 is 2.08 bits per heavy atom. The van der Waals surface area contributed by atoms with E-state index in [1.54, 1.807) is 24.3 Å². The van der Waals surface area contributed by atoms with E-state index in [0.29, 0.717) is 18.4 Å². The fraction of sp³-hybridized carbons (Fsp3) is 0.300. The summed E-state index contributed by atoms with van der Waals surface area (Å²) in [6, 6.07) is 0. The summed E-state index contributed by atoms with van der Waals surface area (Å²) in [5.74, 6) is -0.718. The largest absolute Gasteiger partial charge is 0.480 e. The third-order valence-corrected chi connectivity index (χ3v) is 1.57. The van der Waals surface area contributed by atoms with Gasteiger partial charge in [0.2, 0.25) is 0 Å². The number of carbonyl (C=O) groups is 1. The van der Waals surface area contributed by atoms with Crippen molar-refractivity contribution in [1.82, 2.24) is 0 Å². The van der Waals surface area contributed by atoms with Crippen molar-refractivity contribution in [1.29, 1.82) is 0 Å². The third-order valence-electron chi connectivity index (χ3n) is 1.57. The Balaban J connectivity index is 2.54. The maximum Gasteiger partial charge on any atom is 0.313 e. The first-order chi connectivity index (χ1) is 6.24. The number of aliphatic hydroxyl groups excluding tert-OH is 1. The van der Waals surface area contributed by atoms with Gasteiger partial charge in [0.25, 0.3) is 5.95 Å². The van der Waals surface area contributed by atoms with E-state index in [-0.39, 0.29) is 5.95 Å². The van der Waals surface area contributed by atoms with Crippen LogP contribution in [0.25, 0.3) is 0 Å². The first-order valence-corrected chi connectivity index (χ1v) is 4.22. The smallest absolute Gasteiger partial charge is 0.313 e. The van der Waals surface area contributed by atoms with Crippen molar-refractivity contribution >= 4 is 5.97 Å². The molecule has 0 atom stereocenters. The summed E-state index contributed by atoms with van der Waals surface area (Å²) in [6.07, 6.45) is 7.92. The van der Waals surface area contributed by atoms with Gasteiger partial charge in [-0.2, -0.15) is 0 Å². The van der Waals surface area contributed by atoms with Crippen molar-refractivity contribution in [2.75, 3.05) is 0 Å². The van der Waals surface area contributed by atoms with Crippen LogP contribution in [0.5, 0.6) is 0 Å². The molecule has 0 amide bonds. The van der Waals surface area contributed by atoms with Gasteiger partial charge in [-0.1, -0.05) is 19.1 Å². The minimum absolute atomic E-state index is 0.316. The minimum atomic E-state index is -0.402. The lowest BCUT2D eigenvalue weighted by Crippen LogP contribution is -2.04. The molecule has 0 saturated heterocycles. The van der Waals surface area contributed by atoms with Crippen molar-refractivity contribution < 1.29 is 14.6 Å². The Bertz CT molecular complexity index is 271. The van der Waals surface area contributed by atoms with E-state index in [1.165, 1.54) is 0 Å². The zero-order chi connectivity index (χ0) is 9.68. The van der Waals surface area contributed by atoms with Crippen LogP contribution in [0.4, 0.5) is 0 Å². The third kappa shape index (κ3) is 2.78. The van der Waals surface area contributed by atoms with Crippen LogP contribution in [0.2, 0.25) is 0 Å². The summed E-state index contributed by atoms with van der Waals surface area (Å²) in [7, 11) is 0. The highest BCUT2D eigenvalue weighted by molar-refractivity contribution is 5.70. The van der Waals surface area contributed by atoms with Gasteiger partial charge < -0.3 is 9.84 Å². The van der Waals surface area contributed by atoms with Crippen LogP contribution in [0.3, 0.4) is 0 Å². The van der Waals surface area contributed by atoms with Gasteiger partial charge in [-0.3, -0.25) is 4.79 Å². The Kier molecular flexibility index (Phi) is 3.31. The number of rotatable bonds is 3. The van der Waals surface area contributed by atoms with E-state index in [9.17, 15) is 9.90 Å². The quantitative estimate of drug-likeness (QED) is 0.535. The highest BCUT2D eigenvalue weighted by Gasteiger charge is 2.08. The summed E-state index contributed by atoms with van der Waals surface area (Å²) in [4.78, 5) is 10.9. The average molecular weight is 180 g/mol. The van der Waals surface area contributed by atoms with Crippen molar-refractivity contribution in [2.24, 2.45) is 0 Å². The summed E-state index contributed by atoms with van der Waals surface area (Å²) >= 11 is 0. The number of aliphatic hydroxyl groups is 1. The van der Waals surface area contributed by atoms with Gasteiger partial charge in [0.05, 0.1) is 5.57 Å². The van der Waals surface area contributed by atoms with Gasteiger partial charge >= 0.3 is 5.97 Å². The highest BCUT2D eigenvalue weighted by atomic mass is 16.6. The maximum atomic E-state index is 10.9. The van der Waals surface area contributed by atoms with Gasteiger partial charge in [-0.05, 0) is 18.6 Å². The standard InChI is InChI=1S/C10H12O3/c1-2-5-9(11)13-10(12)8-6-3-4-7-8/h3-4,6-7,12H,2,5H2,1H3. The molecule has 13 heavy (non-hydrogen) atoms. The Labute approximate surface area is 77.0 Å². The molecule has 3 nitrogen and oxygen atoms in total. The molecule has 1 N–H and O–H groups in total. The van der Waals surface area contributed by atoms with Gasteiger partial charge in [0.15, 0.2) is 0 Å². The monoisotopic (exact) mass is 180 g/mol. The van der Waals surface area contributed by atoms with Crippen LogP contribution in [-0.2, 0) is 9.53 Å². The molecule has 0 bridgehead atoms. The Hall–Kier alpha value is -1.51. The molecule has 0 aromatic rings. The van der Waals surface area contributed by atoms with Crippen LogP contribution in [0.1, 0.15) is 19.8 Å². The van der Waals surface area contributed by atoms with Crippen LogP contribution < -0.4 is 0 Å². The lowest BCUT2D eigenvalue weighted by Gasteiger charge is -2.02. The second kappa shape index (κ2) is 4.50. The van der Waals surface area contributed by atoms with Crippen LogP contribution in [0.15, 0.2) is 35.8 Å². The molecule has 0 radical (unpaired) electrons. The molecule has 0 fully saturated rings. The molecule has 70 valence electrons. The minimum Gasteiger partial charge on any atom is -0.480 e. The molecule has 1 aliphatic rings. The van der Waals surface area contributed by atoms with E-state index in [0.717, 1.165) is 0 Å². The molecule has 0 heterocycles. The summed E-state index contributed by atoms with van der Waals surface area (Å²) in [5.41, 5.74) is 0.532. The lowest BCUT2D eigenvalue weighted by molar-refractivity contribution is -0.143. The fourth-order valence-corrected chi connectivity index (χ4v) is 0.938. The van der Waals surface area contributed by atoms with Crippen LogP contribution in [0, 0.1) is 0 Å². The van der Waals surface area contributed by atoms with E-state index in [2.05, 4.69) is 4.74 Å². The van der Waals surface area contributed by atoms with E-state index in [1.807, 2.05) is 6.92 Å². The molecule has 1 rings (SSSR count). The highest BCUT2D eigenvalue weighted by Crippen LogP contribution is 2.12. The fourth-order valence-electron chi connectivity index (χ4n) is 0.938. The molecular formula is C10H12O3. The first kappa shape index (κ1) is 9.58. The zero-order valence-electron chi connectivity index (χ0n) is 7.49. The average Bonchev–Trinajstić information content (AvgIpc) is 2.55. The van der Waals surface area contributed by atoms with Gasteiger partial charge in [0, 0.05) is 6.42 Å². The molecule has 1 aliphatic carbocycles. The van der Waals surface area contributed by atoms with Crippen LogP contribution in [-0.4, -0.2) is 11.1 Å². The number of carbonyl (C=O) groups excluding carboxylic acids is 1. The van der Waals surface area contributed by atoms with E-state index >= 15 is 0 Å². The molecule has 0 aliphatic heterocycles. The Morgan fingerprint density at radius 3 is 2.62 bits per heavy atom. The van der Waals surface area contributed by atoms with Crippen molar-refractivity contribution in [3.8, 4) is 0 Å². The van der Waals surface area contributed by atoms with Crippen molar-refractivity contribution in [2.45, 2.75) is 19.8 Å². The first-order valence-electron chi connectivity index (χ1n) is 4.22. The number of hydrogen-bond acceptors (Lipinski definition) is 3. The van der Waals surface area contributed by atoms with E-state index < -0.39 is 5.97 Å². The molecule has 3 heteroatoms. The predicted molar refractivity (Wildman–Crippen MR) is 48.9 cm³/mol. The van der Waals surface area contributed by atoms with Crippen molar-refractivity contribution in [3.05, 3.63) is 35.8 Å². The zero-order valence-corrected chi connectivity index (χ0v) is 7.49. The van der Waals surface area contributed by atoms with Crippen molar-refractivity contribution in [3.63, 3.8) is 0 Å². The lowest BCUT2D eigenvalue weighted by atomic mass is 10.3. The maximum absolute atomic E-state index is 10.9. The van der Waals surface area contributed by atoms with Gasteiger partial charge in [-0.15, -0.1) is 0 Å². The van der Waals surface area contributed by atoms with E-state index in [4.69, 9.17) is 0 Å². The molecular weight excluding hydrogens is 168 g/mol. The van der Waals surface area contributed by atoms with Crippen LogP contribution >= 0.6 is 0 Å². The molecule has 0 aromatic heterocycles. The summed E-state index contributed by atoms with van der Waals surface area (Å²) in [6.45, 7) is 1.88. The predicted octanol–water partition coefficient (Wildman–Crippen LogP) is 2.23.